The monoisotopic (exact) mass is 267 g/mol. The molecule has 0 aliphatic carbocycles. The molecule has 20 heavy (non-hydrogen) atoms. The summed E-state index contributed by atoms with van der Waals surface area (Å²) in [6.07, 6.45) is 0.947. The number of aryl methyl sites for hydroxylation is 1. The van der Waals surface area contributed by atoms with Crippen LogP contribution < -0.4 is 10.1 Å². The van der Waals surface area contributed by atoms with Gasteiger partial charge in [0.1, 0.15) is 11.6 Å². The van der Waals surface area contributed by atoms with Crippen molar-refractivity contribution in [2.75, 3.05) is 6.61 Å². The Morgan fingerprint density at radius 1 is 1.20 bits per heavy atom. The summed E-state index contributed by atoms with van der Waals surface area (Å²) in [4.78, 5) is 9.57. The standard InChI is InChI=1S/C16H17N3O/c1-10-13-8-17-9-14(13)19-16(18-10)12-6-7-20-15-5-3-2-4-11(12)15/h2-5,12,17H,6-9H2,1H3. The van der Waals surface area contributed by atoms with Crippen LogP contribution in [0.25, 0.3) is 0 Å². The Hall–Kier alpha value is -1.94. The fourth-order valence-electron chi connectivity index (χ4n) is 3.13. The van der Waals surface area contributed by atoms with Gasteiger partial charge in [0.05, 0.1) is 18.2 Å². The van der Waals surface area contributed by atoms with Crippen LogP contribution in [0, 0.1) is 6.92 Å². The molecule has 4 nitrogen and oxygen atoms in total. The van der Waals surface area contributed by atoms with Gasteiger partial charge in [-0.1, -0.05) is 18.2 Å². The van der Waals surface area contributed by atoms with E-state index in [1.54, 1.807) is 0 Å². The molecule has 0 saturated heterocycles. The smallest absolute Gasteiger partial charge is 0.136 e. The van der Waals surface area contributed by atoms with E-state index in [2.05, 4.69) is 24.4 Å². The topological polar surface area (TPSA) is 47.0 Å². The first-order chi connectivity index (χ1) is 9.83. The summed E-state index contributed by atoms with van der Waals surface area (Å²) in [7, 11) is 0. The van der Waals surface area contributed by atoms with Gasteiger partial charge in [-0.15, -0.1) is 0 Å². The summed E-state index contributed by atoms with van der Waals surface area (Å²) in [6.45, 7) is 4.57. The normalized spacial score (nSPS) is 20.1. The molecule has 1 atom stereocenters. The van der Waals surface area contributed by atoms with Gasteiger partial charge in [-0.2, -0.15) is 0 Å². The minimum Gasteiger partial charge on any atom is -0.493 e. The lowest BCUT2D eigenvalue weighted by Gasteiger charge is -2.25. The fourth-order valence-corrected chi connectivity index (χ4v) is 3.13. The molecule has 2 aromatic rings. The van der Waals surface area contributed by atoms with E-state index in [1.807, 2.05) is 12.1 Å². The average Bonchev–Trinajstić information content (AvgIpc) is 2.95. The molecule has 1 aromatic carbocycles. The van der Waals surface area contributed by atoms with Crippen molar-refractivity contribution in [3.63, 3.8) is 0 Å². The third-order valence-electron chi connectivity index (χ3n) is 4.18. The summed E-state index contributed by atoms with van der Waals surface area (Å²) in [5.74, 6) is 2.17. The van der Waals surface area contributed by atoms with Crippen molar-refractivity contribution in [1.29, 1.82) is 0 Å². The van der Waals surface area contributed by atoms with Crippen molar-refractivity contribution < 1.29 is 4.74 Å². The Balaban J connectivity index is 1.81. The second-order valence-electron chi connectivity index (χ2n) is 5.42. The van der Waals surface area contributed by atoms with E-state index in [1.165, 1.54) is 11.1 Å². The number of aromatic nitrogens is 2. The number of hydrogen-bond acceptors (Lipinski definition) is 4. The van der Waals surface area contributed by atoms with Gasteiger partial charge in [-0.3, -0.25) is 0 Å². The van der Waals surface area contributed by atoms with Crippen molar-refractivity contribution in [3.8, 4) is 5.75 Å². The zero-order chi connectivity index (χ0) is 13.5. The van der Waals surface area contributed by atoms with Crippen LogP contribution >= 0.6 is 0 Å². The molecular formula is C16H17N3O. The van der Waals surface area contributed by atoms with Crippen molar-refractivity contribution in [2.45, 2.75) is 32.4 Å². The number of nitrogens with one attached hydrogen (secondary N) is 1. The van der Waals surface area contributed by atoms with E-state index < -0.39 is 0 Å². The molecule has 4 rings (SSSR count). The van der Waals surface area contributed by atoms with Crippen LogP contribution in [0.2, 0.25) is 0 Å². The molecule has 0 radical (unpaired) electrons. The molecule has 2 aliphatic heterocycles. The molecule has 3 heterocycles. The van der Waals surface area contributed by atoms with Crippen LogP contribution in [0.3, 0.4) is 0 Å². The summed E-state index contributed by atoms with van der Waals surface area (Å²) in [6, 6.07) is 8.23. The van der Waals surface area contributed by atoms with Gasteiger partial charge in [0.2, 0.25) is 0 Å². The Morgan fingerprint density at radius 3 is 3.05 bits per heavy atom. The zero-order valence-electron chi connectivity index (χ0n) is 11.5. The van der Waals surface area contributed by atoms with E-state index in [-0.39, 0.29) is 5.92 Å². The summed E-state index contributed by atoms with van der Waals surface area (Å²) in [5, 5.41) is 3.35. The van der Waals surface area contributed by atoms with Crippen LogP contribution in [0.1, 0.15) is 40.7 Å². The second-order valence-corrected chi connectivity index (χ2v) is 5.42. The largest absolute Gasteiger partial charge is 0.493 e. The number of hydrogen-bond donors (Lipinski definition) is 1. The molecular weight excluding hydrogens is 250 g/mol. The van der Waals surface area contributed by atoms with Crippen LogP contribution in [-0.4, -0.2) is 16.6 Å². The summed E-state index contributed by atoms with van der Waals surface area (Å²) < 4.78 is 5.73. The molecule has 0 spiro atoms. The number of benzene rings is 1. The third kappa shape index (κ3) is 1.79. The first-order valence-electron chi connectivity index (χ1n) is 7.11. The minimum absolute atomic E-state index is 0.254. The van der Waals surface area contributed by atoms with Gasteiger partial charge in [-0.05, 0) is 19.4 Å². The van der Waals surface area contributed by atoms with Gasteiger partial charge in [0, 0.05) is 29.9 Å². The molecule has 0 saturated carbocycles. The first-order valence-corrected chi connectivity index (χ1v) is 7.11. The molecule has 0 fully saturated rings. The molecule has 1 unspecified atom stereocenters. The van der Waals surface area contributed by atoms with Crippen molar-refractivity contribution in [1.82, 2.24) is 15.3 Å². The van der Waals surface area contributed by atoms with Crippen LogP contribution in [-0.2, 0) is 13.1 Å². The maximum atomic E-state index is 5.73. The highest BCUT2D eigenvalue weighted by Gasteiger charge is 2.27. The van der Waals surface area contributed by atoms with Crippen molar-refractivity contribution >= 4 is 0 Å². The third-order valence-corrected chi connectivity index (χ3v) is 4.18. The van der Waals surface area contributed by atoms with E-state index in [0.717, 1.165) is 49.1 Å². The number of ether oxygens (including phenoxy) is 1. The van der Waals surface area contributed by atoms with E-state index in [9.17, 15) is 0 Å². The molecule has 102 valence electrons. The predicted octanol–water partition coefficient (Wildman–Crippen LogP) is 2.30. The number of nitrogens with zero attached hydrogens (tertiary/aromatic N) is 2. The van der Waals surface area contributed by atoms with E-state index in [4.69, 9.17) is 14.7 Å². The number of fused-ring (bicyclic) bond motifs is 2. The van der Waals surface area contributed by atoms with Gasteiger partial charge in [0.15, 0.2) is 0 Å². The molecule has 4 heteroatoms. The highest BCUT2D eigenvalue weighted by atomic mass is 16.5. The molecule has 2 aliphatic rings. The van der Waals surface area contributed by atoms with E-state index >= 15 is 0 Å². The summed E-state index contributed by atoms with van der Waals surface area (Å²) >= 11 is 0. The van der Waals surface area contributed by atoms with E-state index in [0.29, 0.717) is 0 Å². The van der Waals surface area contributed by atoms with Gasteiger partial charge in [0.25, 0.3) is 0 Å². The number of rotatable bonds is 1. The minimum atomic E-state index is 0.254. The van der Waals surface area contributed by atoms with Gasteiger partial charge < -0.3 is 10.1 Å². The quantitative estimate of drug-likeness (QED) is 0.861. The van der Waals surface area contributed by atoms with Crippen molar-refractivity contribution in [3.05, 3.63) is 52.6 Å². The molecule has 0 amide bonds. The lowest BCUT2D eigenvalue weighted by atomic mass is 9.92. The molecule has 0 bridgehead atoms. The molecule has 1 N–H and O–H groups in total. The maximum Gasteiger partial charge on any atom is 0.136 e. The van der Waals surface area contributed by atoms with Crippen LogP contribution in [0.15, 0.2) is 24.3 Å². The Labute approximate surface area is 118 Å². The lowest BCUT2D eigenvalue weighted by Crippen LogP contribution is -2.18. The second kappa shape index (κ2) is 4.56. The van der Waals surface area contributed by atoms with Crippen molar-refractivity contribution in [2.24, 2.45) is 0 Å². The fraction of sp³-hybridized carbons (Fsp3) is 0.375. The van der Waals surface area contributed by atoms with Gasteiger partial charge >= 0.3 is 0 Å². The SMILES string of the molecule is Cc1nc(C2CCOc3ccccc32)nc2c1CNC2. The Morgan fingerprint density at radius 2 is 2.10 bits per heavy atom. The maximum absolute atomic E-state index is 5.73. The summed E-state index contributed by atoms with van der Waals surface area (Å²) in [5.41, 5.74) is 4.76. The average molecular weight is 267 g/mol. The zero-order valence-corrected chi connectivity index (χ0v) is 11.5. The predicted molar refractivity (Wildman–Crippen MR) is 75.7 cm³/mol. The van der Waals surface area contributed by atoms with Gasteiger partial charge in [-0.25, -0.2) is 9.97 Å². The van der Waals surface area contributed by atoms with Crippen LogP contribution in [0.4, 0.5) is 0 Å². The Kier molecular flexibility index (Phi) is 2.70. The first kappa shape index (κ1) is 11.9. The Bertz CT molecular complexity index is 669. The highest BCUT2D eigenvalue weighted by Crippen LogP contribution is 2.37. The lowest BCUT2D eigenvalue weighted by molar-refractivity contribution is 0.274. The number of para-hydroxylation sites is 1. The van der Waals surface area contributed by atoms with Crippen LogP contribution in [0.5, 0.6) is 5.75 Å². The highest BCUT2D eigenvalue weighted by molar-refractivity contribution is 5.41. The molecule has 1 aromatic heterocycles.